The van der Waals surface area contributed by atoms with Gasteiger partial charge in [0, 0.05) is 25.0 Å². The molecule has 0 radical (unpaired) electrons. The summed E-state index contributed by atoms with van der Waals surface area (Å²) in [5, 5.41) is 2.75. The predicted molar refractivity (Wildman–Crippen MR) is 100 cm³/mol. The van der Waals surface area contributed by atoms with Crippen LogP contribution in [0.5, 0.6) is 5.75 Å². The number of nitrogens with two attached hydrogens (primary N) is 1. The number of rotatable bonds is 7. The number of nitrogens with one attached hydrogen (secondary N) is 1. The Kier molecular flexibility index (Phi) is 6.83. The van der Waals surface area contributed by atoms with E-state index in [-0.39, 0.29) is 41.8 Å². The fourth-order valence-corrected chi connectivity index (χ4v) is 4.35. The molecule has 1 unspecified atom stereocenters. The van der Waals surface area contributed by atoms with Crippen molar-refractivity contribution in [1.29, 1.82) is 0 Å². The summed E-state index contributed by atoms with van der Waals surface area (Å²) >= 11 is 0. The Hall–Kier alpha value is -2.13. The number of amides is 2. The second-order valence-corrected chi connectivity index (χ2v) is 8.91. The van der Waals surface area contributed by atoms with Crippen molar-refractivity contribution in [2.24, 2.45) is 11.7 Å². The van der Waals surface area contributed by atoms with Gasteiger partial charge in [-0.2, -0.15) is 4.31 Å². The van der Waals surface area contributed by atoms with E-state index >= 15 is 0 Å². The third kappa shape index (κ3) is 5.43. The van der Waals surface area contributed by atoms with Gasteiger partial charge in [0.2, 0.25) is 15.9 Å². The number of carbonyl (C=O) groups excluding carboxylic acids is 2. The molecule has 1 fully saturated rings. The Labute approximate surface area is 160 Å². The zero-order valence-electron chi connectivity index (χ0n) is 15.8. The van der Waals surface area contributed by atoms with Gasteiger partial charge >= 0.3 is 0 Å². The molecule has 9 heteroatoms. The van der Waals surface area contributed by atoms with E-state index in [1.165, 1.54) is 28.6 Å². The minimum atomic E-state index is -3.64. The molecule has 0 aliphatic carbocycles. The first kappa shape index (κ1) is 21.2. The summed E-state index contributed by atoms with van der Waals surface area (Å²) in [6.07, 6.45) is 0.166. The fraction of sp³-hybridized carbons (Fsp3) is 0.556. The quantitative estimate of drug-likeness (QED) is 0.707. The van der Waals surface area contributed by atoms with Crippen LogP contribution in [0.25, 0.3) is 0 Å². The number of ether oxygens (including phenoxy) is 1. The molecule has 0 saturated carbocycles. The summed E-state index contributed by atoms with van der Waals surface area (Å²) in [4.78, 5) is 23.3. The Morgan fingerprint density at radius 1 is 1.15 bits per heavy atom. The molecule has 1 aliphatic heterocycles. The third-order valence-corrected chi connectivity index (χ3v) is 6.34. The maximum absolute atomic E-state index is 12.7. The monoisotopic (exact) mass is 397 g/mol. The molecule has 1 aromatic carbocycles. The van der Waals surface area contributed by atoms with Crippen LogP contribution in [0, 0.1) is 5.92 Å². The zero-order chi connectivity index (χ0) is 20.2. The molecule has 1 saturated heterocycles. The number of sulfonamides is 1. The van der Waals surface area contributed by atoms with Crippen LogP contribution in [-0.2, 0) is 19.6 Å². The van der Waals surface area contributed by atoms with Crippen molar-refractivity contribution in [3.8, 4) is 5.75 Å². The molecule has 1 aliphatic rings. The highest BCUT2D eigenvalue weighted by Crippen LogP contribution is 2.25. The lowest BCUT2D eigenvalue weighted by molar-refractivity contribution is -0.127. The van der Waals surface area contributed by atoms with Gasteiger partial charge in [-0.25, -0.2) is 8.42 Å². The molecule has 0 bridgehead atoms. The van der Waals surface area contributed by atoms with Gasteiger partial charge in [-0.15, -0.1) is 0 Å². The van der Waals surface area contributed by atoms with E-state index in [9.17, 15) is 18.0 Å². The molecule has 27 heavy (non-hydrogen) atoms. The van der Waals surface area contributed by atoms with E-state index in [4.69, 9.17) is 10.5 Å². The lowest BCUT2D eigenvalue weighted by Crippen LogP contribution is -2.41. The van der Waals surface area contributed by atoms with E-state index in [1.54, 1.807) is 6.92 Å². The second kappa shape index (κ2) is 8.71. The van der Waals surface area contributed by atoms with Crippen LogP contribution in [0.4, 0.5) is 0 Å². The number of benzene rings is 1. The molecular formula is C18H27N3O5S. The zero-order valence-corrected chi connectivity index (χ0v) is 16.7. The van der Waals surface area contributed by atoms with Crippen LogP contribution >= 0.6 is 0 Å². The van der Waals surface area contributed by atoms with Crippen molar-refractivity contribution >= 4 is 21.8 Å². The Balaban J connectivity index is 2.01. The molecule has 0 spiro atoms. The van der Waals surface area contributed by atoms with Gasteiger partial charge in [0.05, 0.1) is 4.90 Å². The predicted octanol–water partition coefficient (Wildman–Crippen LogP) is 0.865. The van der Waals surface area contributed by atoms with E-state index in [0.717, 1.165) is 0 Å². The molecule has 8 nitrogen and oxygen atoms in total. The van der Waals surface area contributed by atoms with Gasteiger partial charge in [0.15, 0.2) is 6.10 Å². The topological polar surface area (TPSA) is 119 Å². The van der Waals surface area contributed by atoms with Gasteiger partial charge < -0.3 is 15.8 Å². The van der Waals surface area contributed by atoms with Crippen molar-refractivity contribution < 1.29 is 22.7 Å². The highest BCUT2D eigenvalue weighted by Gasteiger charge is 2.31. The van der Waals surface area contributed by atoms with Gasteiger partial charge in [0.25, 0.3) is 5.91 Å². The smallest absolute Gasteiger partial charge is 0.260 e. The van der Waals surface area contributed by atoms with E-state index < -0.39 is 16.1 Å². The first-order valence-electron chi connectivity index (χ1n) is 8.98. The summed E-state index contributed by atoms with van der Waals surface area (Å²) in [5.41, 5.74) is 5.29. The molecule has 2 amide bonds. The molecular weight excluding hydrogens is 370 g/mol. The van der Waals surface area contributed by atoms with E-state index in [2.05, 4.69) is 5.32 Å². The van der Waals surface area contributed by atoms with Gasteiger partial charge in [-0.05, 0) is 57.9 Å². The van der Waals surface area contributed by atoms with Gasteiger partial charge in [-0.3, -0.25) is 9.59 Å². The lowest BCUT2D eigenvalue weighted by atomic mass is 9.98. The number of hydrogen-bond donors (Lipinski definition) is 2. The highest BCUT2D eigenvalue weighted by atomic mass is 32.2. The lowest BCUT2D eigenvalue weighted by Gasteiger charge is -2.29. The molecule has 1 atom stereocenters. The minimum absolute atomic E-state index is 0.00905. The average Bonchev–Trinajstić information content (AvgIpc) is 2.61. The normalized spacial score (nSPS) is 17.5. The maximum Gasteiger partial charge on any atom is 0.260 e. The van der Waals surface area contributed by atoms with Crippen LogP contribution in [0.15, 0.2) is 29.2 Å². The fourth-order valence-electron chi connectivity index (χ4n) is 2.88. The first-order chi connectivity index (χ1) is 12.6. The largest absolute Gasteiger partial charge is 0.481 e. The molecule has 3 N–H and O–H groups in total. The summed E-state index contributed by atoms with van der Waals surface area (Å²) in [6, 6.07) is 5.98. The van der Waals surface area contributed by atoms with Gasteiger partial charge in [0.1, 0.15) is 5.75 Å². The van der Waals surface area contributed by atoms with Gasteiger partial charge in [-0.1, -0.05) is 0 Å². The molecule has 1 aromatic rings. The number of piperidine rings is 1. The van der Waals surface area contributed by atoms with Crippen molar-refractivity contribution in [2.75, 3.05) is 13.1 Å². The average molecular weight is 397 g/mol. The van der Waals surface area contributed by atoms with E-state index in [0.29, 0.717) is 18.6 Å². The first-order valence-corrected chi connectivity index (χ1v) is 10.4. The molecule has 2 rings (SSSR count). The van der Waals surface area contributed by atoms with Crippen LogP contribution in [-0.4, -0.2) is 49.8 Å². The number of primary amides is 1. The Bertz CT molecular complexity index is 769. The Morgan fingerprint density at radius 2 is 1.70 bits per heavy atom. The number of nitrogens with zero attached hydrogens (tertiary/aromatic N) is 1. The number of carbonyl (C=O) groups is 2. The molecule has 150 valence electrons. The van der Waals surface area contributed by atoms with Crippen LogP contribution in [0.2, 0.25) is 0 Å². The summed E-state index contributed by atoms with van der Waals surface area (Å²) in [6.45, 7) is 5.87. The SMILES string of the molecule is CC(C)NC(=O)C(C)Oc1ccc(S(=O)(=O)N2CCC(C(N)=O)CC2)cc1. The van der Waals surface area contributed by atoms with Crippen molar-refractivity contribution in [2.45, 2.75) is 50.7 Å². The number of hydrogen-bond acceptors (Lipinski definition) is 5. The highest BCUT2D eigenvalue weighted by molar-refractivity contribution is 7.89. The summed E-state index contributed by atoms with van der Waals surface area (Å²) < 4.78 is 32.4. The maximum atomic E-state index is 12.7. The van der Waals surface area contributed by atoms with Crippen LogP contribution < -0.4 is 15.8 Å². The van der Waals surface area contributed by atoms with Crippen LogP contribution in [0.3, 0.4) is 0 Å². The minimum Gasteiger partial charge on any atom is -0.481 e. The van der Waals surface area contributed by atoms with Crippen molar-refractivity contribution in [1.82, 2.24) is 9.62 Å². The van der Waals surface area contributed by atoms with E-state index in [1.807, 2.05) is 13.8 Å². The molecule has 1 heterocycles. The van der Waals surface area contributed by atoms with Crippen LogP contribution in [0.1, 0.15) is 33.6 Å². The van der Waals surface area contributed by atoms with Crippen molar-refractivity contribution in [3.63, 3.8) is 0 Å². The second-order valence-electron chi connectivity index (χ2n) is 6.98. The Morgan fingerprint density at radius 3 is 2.19 bits per heavy atom. The standard InChI is InChI=1S/C18H27N3O5S/c1-12(2)20-18(23)13(3)26-15-4-6-16(7-5-15)27(24,25)21-10-8-14(9-11-21)17(19)22/h4-7,12-14H,8-11H2,1-3H3,(H2,19,22)(H,20,23). The molecule has 0 aromatic heterocycles. The summed E-state index contributed by atoms with van der Waals surface area (Å²) in [5.74, 6) is -0.485. The third-order valence-electron chi connectivity index (χ3n) is 4.43. The van der Waals surface area contributed by atoms with Crippen molar-refractivity contribution in [3.05, 3.63) is 24.3 Å². The summed E-state index contributed by atoms with van der Waals surface area (Å²) in [7, 11) is -3.64.